The summed E-state index contributed by atoms with van der Waals surface area (Å²) in [4.78, 5) is 30.5. The van der Waals surface area contributed by atoms with Crippen molar-refractivity contribution in [2.75, 3.05) is 19.0 Å². The van der Waals surface area contributed by atoms with Crippen molar-refractivity contribution in [3.8, 4) is 5.75 Å². The minimum Gasteiger partial charge on any atom is -0.496 e. The van der Waals surface area contributed by atoms with Crippen LogP contribution in [0.4, 0.5) is 23.8 Å². The van der Waals surface area contributed by atoms with Gasteiger partial charge >= 0.3 is 12.3 Å². The fraction of sp³-hybridized carbons (Fsp3) is 0.364. The number of ether oxygens (including phenoxy) is 2. The minimum absolute atomic E-state index is 0.0144. The van der Waals surface area contributed by atoms with E-state index in [4.69, 9.17) is 16.4 Å². The van der Waals surface area contributed by atoms with Crippen LogP contribution >= 0.6 is 0 Å². The van der Waals surface area contributed by atoms with E-state index in [0.717, 1.165) is 4.90 Å². The second-order valence-corrected chi connectivity index (χ2v) is 8.16. The molecule has 14 heteroatoms. The number of hydrogen-bond donors (Lipinski definition) is 3. The quantitative estimate of drug-likeness (QED) is 0.233. The molecule has 2 aromatic rings. The first-order valence-electron chi connectivity index (χ1n) is 10.7. The molecule has 0 saturated carbocycles. The summed E-state index contributed by atoms with van der Waals surface area (Å²) in [6.07, 6.45) is -5.74. The van der Waals surface area contributed by atoms with Gasteiger partial charge in [0.05, 0.1) is 12.7 Å². The molecule has 1 aromatic carbocycles. The number of amidine groups is 1. The van der Waals surface area contributed by atoms with E-state index in [-0.39, 0.29) is 42.1 Å². The molecule has 0 bridgehead atoms. The summed E-state index contributed by atoms with van der Waals surface area (Å²) < 4.78 is 46.7. The van der Waals surface area contributed by atoms with Gasteiger partial charge in [-0.15, -0.1) is 0 Å². The molecule has 11 nitrogen and oxygen atoms in total. The number of amides is 2. The van der Waals surface area contributed by atoms with E-state index in [1.54, 1.807) is 24.3 Å². The second kappa shape index (κ2) is 10.7. The van der Waals surface area contributed by atoms with Crippen molar-refractivity contribution in [2.45, 2.75) is 39.2 Å². The van der Waals surface area contributed by atoms with Crippen molar-refractivity contribution < 1.29 is 32.2 Å². The predicted molar refractivity (Wildman–Crippen MR) is 124 cm³/mol. The molecule has 0 spiro atoms. The summed E-state index contributed by atoms with van der Waals surface area (Å²) in [5, 5.41) is 7.69. The van der Waals surface area contributed by atoms with Crippen LogP contribution < -0.4 is 21.7 Å². The first-order chi connectivity index (χ1) is 16.9. The molecule has 3 rings (SSSR count). The highest BCUT2D eigenvalue weighted by molar-refractivity contribution is 6.06. The number of hydrazine groups is 1. The number of pyridine rings is 1. The van der Waals surface area contributed by atoms with Crippen LogP contribution in [0.3, 0.4) is 0 Å². The van der Waals surface area contributed by atoms with Gasteiger partial charge in [-0.2, -0.15) is 18.3 Å². The molecular formula is C22H26F3N7O4. The Hall–Kier alpha value is -4.07. The lowest BCUT2D eigenvalue weighted by Gasteiger charge is -2.23. The maximum absolute atomic E-state index is 13.1. The molecule has 1 aliphatic heterocycles. The number of anilines is 1. The Morgan fingerprint density at radius 1 is 1.25 bits per heavy atom. The van der Waals surface area contributed by atoms with Gasteiger partial charge in [0, 0.05) is 19.1 Å². The van der Waals surface area contributed by atoms with E-state index in [1.807, 2.05) is 13.8 Å². The summed E-state index contributed by atoms with van der Waals surface area (Å²) in [5.41, 5.74) is 1.66. The summed E-state index contributed by atoms with van der Waals surface area (Å²) in [5.74, 6) is 11.5. The van der Waals surface area contributed by atoms with Gasteiger partial charge in [0.15, 0.2) is 12.4 Å². The smallest absolute Gasteiger partial charge is 0.422 e. The van der Waals surface area contributed by atoms with Crippen molar-refractivity contribution >= 4 is 23.7 Å². The predicted octanol–water partition coefficient (Wildman–Crippen LogP) is 2.56. The molecule has 194 valence electrons. The van der Waals surface area contributed by atoms with E-state index in [0.29, 0.717) is 16.8 Å². The van der Waals surface area contributed by atoms with Crippen LogP contribution in [0.2, 0.25) is 0 Å². The van der Waals surface area contributed by atoms with Crippen LogP contribution in [-0.4, -0.2) is 58.7 Å². The zero-order chi connectivity index (χ0) is 26.6. The summed E-state index contributed by atoms with van der Waals surface area (Å²) in [6.45, 7) is 1.99. The average molecular weight is 509 g/mol. The van der Waals surface area contributed by atoms with E-state index >= 15 is 0 Å². The Bertz CT molecular complexity index is 1170. The molecule has 0 fully saturated rings. The standard InChI is InChI=1S/C22H26F3N7O4/c1-12(2)32(27)19(30-26)16-5-4-6-18(28-16)29-20(33)15-7-13-9-31(10-14(13)8-17(15)35-3)21(34)36-11-22(23,24)25/h4-8,12H,9-11,26-27H2,1-3H3,(H,28,29,33)/b30-19-. The number of hydrazone groups is 1. The zero-order valence-corrected chi connectivity index (χ0v) is 19.8. The van der Waals surface area contributed by atoms with E-state index in [9.17, 15) is 22.8 Å². The third kappa shape index (κ3) is 6.13. The third-order valence-electron chi connectivity index (χ3n) is 5.25. The number of benzene rings is 1. The number of aromatic nitrogens is 1. The van der Waals surface area contributed by atoms with Gasteiger partial charge in [0.2, 0.25) is 0 Å². The van der Waals surface area contributed by atoms with Crippen molar-refractivity contribution in [1.82, 2.24) is 14.9 Å². The maximum atomic E-state index is 13.1. The second-order valence-electron chi connectivity index (χ2n) is 8.16. The monoisotopic (exact) mass is 509 g/mol. The molecular weight excluding hydrogens is 483 g/mol. The van der Waals surface area contributed by atoms with Crippen molar-refractivity contribution in [2.24, 2.45) is 16.8 Å². The Balaban J connectivity index is 1.78. The molecule has 5 N–H and O–H groups in total. The van der Waals surface area contributed by atoms with Crippen LogP contribution in [0.25, 0.3) is 0 Å². The number of methoxy groups -OCH3 is 1. The highest BCUT2D eigenvalue weighted by Gasteiger charge is 2.33. The fourth-order valence-corrected chi connectivity index (χ4v) is 3.46. The lowest BCUT2D eigenvalue weighted by atomic mass is 10.0. The fourth-order valence-electron chi connectivity index (χ4n) is 3.46. The highest BCUT2D eigenvalue weighted by atomic mass is 19.4. The van der Waals surface area contributed by atoms with Crippen molar-refractivity contribution in [3.05, 3.63) is 52.7 Å². The van der Waals surface area contributed by atoms with E-state index in [1.165, 1.54) is 18.2 Å². The minimum atomic E-state index is -4.63. The van der Waals surface area contributed by atoms with Crippen LogP contribution in [0.15, 0.2) is 35.4 Å². The molecule has 0 radical (unpaired) electrons. The maximum Gasteiger partial charge on any atom is 0.422 e. The zero-order valence-electron chi connectivity index (χ0n) is 19.8. The largest absolute Gasteiger partial charge is 0.496 e. The molecule has 1 aliphatic rings. The van der Waals surface area contributed by atoms with Gasteiger partial charge in [0.1, 0.15) is 17.3 Å². The van der Waals surface area contributed by atoms with Crippen LogP contribution in [-0.2, 0) is 17.8 Å². The normalized spacial score (nSPS) is 13.4. The van der Waals surface area contributed by atoms with Gasteiger partial charge < -0.3 is 20.6 Å². The Kier molecular flexibility index (Phi) is 7.87. The van der Waals surface area contributed by atoms with Crippen LogP contribution in [0.5, 0.6) is 5.75 Å². The first-order valence-corrected chi connectivity index (χ1v) is 10.7. The van der Waals surface area contributed by atoms with Gasteiger partial charge in [-0.05, 0) is 49.2 Å². The molecule has 2 heterocycles. The number of fused-ring (bicyclic) bond motifs is 1. The number of rotatable bonds is 6. The Morgan fingerprint density at radius 2 is 1.92 bits per heavy atom. The molecule has 1 aromatic heterocycles. The Labute approximate surface area is 204 Å². The van der Waals surface area contributed by atoms with Crippen LogP contribution in [0.1, 0.15) is 41.0 Å². The molecule has 36 heavy (non-hydrogen) atoms. The summed E-state index contributed by atoms with van der Waals surface area (Å²) >= 11 is 0. The number of nitrogens with two attached hydrogens (primary N) is 2. The topological polar surface area (TPSA) is 148 Å². The van der Waals surface area contributed by atoms with E-state index in [2.05, 4.69) is 20.1 Å². The van der Waals surface area contributed by atoms with E-state index < -0.39 is 24.8 Å². The SMILES string of the molecule is COc1cc2c(cc1C(=O)Nc1cccc(/C(=N/N)N(N)C(C)C)n1)CN(C(=O)OCC(F)(F)F)C2. The number of carbonyl (C=O) groups is 2. The molecule has 0 unspecified atom stereocenters. The number of alkyl halides is 3. The van der Waals surface area contributed by atoms with Gasteiger partial charge in [-0.1, -0.05) is 6.07 Å². The number of halogens is 3. The number of carbonyl (C=O) groups excluding carboxylic acids is 2. The van der Waals surface area contributed by atoms with Gasteiger partial charge in [-0.3, -0.25) is 14.7 Å². The number of nitrogens with zero attached hydrogens (tertiary/aromatic N) is 4. The number of nitrogens with one attached hydrogen (secondary N) is 1. The van der Waals surface area contributed by atoms with Gasteiger partial charge in [0.25, 0.3) is 5.91 Å². The highest BCUT2D eigenvalue weighted by Crippen LogP contribution is 2.31. The van der Waals surface area contributed by atoms with Crippen LogP contribution in [0, 0.1) is 0 Å². The average Bonchev–Trinajstić information content (AvgIpc) is 3.25. The Morgan fingerprint density at radius 3 is 2.50 bits per heavy atom. The lowest BCUT2D eigenvalue weighted by Crippen LogP contribution is -2.44. The van der Waals surface area contributed by atoms with Crippen molar-refractivity contribution in [3.63, 3.8) is 0 Å². The summed E-state index contributed by atoms with van der Waals surface area (Å²) in [7, 11) is 1.37. The molecule has 0 aliphatic carbocycles. The number of hydrogen-bond acceptors (Lipinski definition) is 8. The molecule has 0 saturated heterocycles. The third-order valence-corrected chi connectivity index (χ3v) is 5.25. The lowest BCUT2D eigenvalue weighted by molar-refractivity contribution is -0.162. The summed E-state index contributed by atoms with van der Waals surface area (Å²) in [6, 6.07) is 7.78. The van der Waals surface area contributed by atoms with Crippen molar-refractivity contribution in [1.29, 1.82) is 0 Å². The molecule has 0 atom stereocenters. The molecule has 2 amide bonds. The van der Waals surface area contributed by atoms with Gasteiger partial charge in [-0.25, -0.2) is 15.6 Å². The first kappa shape index (κ1) is 26.5.